The quantitative estimate of drug-likeness (QED) is 0.0910. The lowest BCUT2D eigenvalue weighted by molar-refractivity contribution is -0.106. The smallest absolute Gasteiger partial charge is 0.232 e. The van der Waals surface area contributed by atoms with Crippen molar-refractivity contribution in [2.45, 2.75) is 25.7 Å². The molecular formula is C26H30ClN5O7. The predicted octanol–water partition coefficient (Wildman–Crippen LogP) is 3.82. The lowest BCUT2D eigenvalue weighted by Crippen LogP contribution is -2.25. The highest BCUT2D eigenvalue weighted by Gasteiger charge is 2.17. The number of hydrogen-bond acceptors (Lipinski definition) is 10. The van der Waals surface area contributed by atoms with E-state index < -0.39 is 6.10 Å². The lowest BCUT2D eigenvalue weighted by Gasteiger charge is -2.20. The van der Waals surface area contributed by atoms with E-state index >= 15 is 0 Å². The number of aromatic nitrogens is 2. The zero-order valence-corrected chi connectivity index (χ0v) is 22.3. The number of ether oxygens (including phenoxy) is 4. The van der Waals surface area contributed by atoms with Crippen LogP contribution in [-0.4, -0.2) is 56.3 Å². The minimum absolute atomic E-state index is 0.0470. The zero-order valence-electron chi connectivity index (χ0n) is 21.5. The van der Waals surface area contributed by atoms with Crippen molar-refractivity contribution in [3.63, 3.8) is 0 Å². The molecule has 13 heteroatoms. The van der Waals surface area contributed by atoms with Crippen LogP contribution in [-0.2, 0) is 37.1 Å². The Bertz CT molecular complexity index is 1180. The first kappa shape index (κ1) is 29.6. The summed E-state index contributed by atoms with van der Waals surface area (Å²) in [6.45, 7) is 1.33. The van der Waals surface area contributed by atoms with Crippen molar-refractivity contribution < 1.29 is 33.4 Å². The second-order valence-electron chi connectivity index (χ2n) is 7.98. The molecule has 3 N–H and O–H groups in total. The van der Waals surface area contributed by atoms with Crippen molar-refractivity contribution in [2.24, 2.45) is 0 Å². The first-order chi connectivity index (χ1) is 19.1. The number of hydrogen-bond donors (Lipinski definition) is 3. The van der Waals surface area contributed by atoms with Gasteiger partial charge in [0.1, 0.15) is 23.3 Å². The van der Waals surface area contributed by atoms with Crippen LogP contribution in [0.3, 0.4) is 0 Å². The van der Waals surface area contributed by atoms with E-state index in [2.05, 4.69) is 26.1 Å². The summed E-state index contributed by atoms with van der Waals surface area (Å²) in [6, 6.07) is 15.1. The summed E-state index contributed by atoms with van der Waals surface area (Å²) in [5.74, 6) is 1.50. The molecule has 0 aliphatic rings. The number of amides is 2. The molecule has 2 amide bonds. The molecule has 3 rings (SSSR count). The molecule has 0 radical (unpaired) electrons. The fourth-order valence-corrected chi connectivity index (χ4v) is 3.51. The summed E-state index contributed by atoms with van der Waals surface area (Å²) >= 11 is 6.13. The van der Waals surface area contributed by atoms with Gasteiger partial charge >= 0.3 is 0 Å². The molecule has 1 atom stereocenters. The maximum Gasteiger partial charge on any atom is 0.232 e. The van der Waals surface area contributed by atoms with Crippen LogP contribution in [0.1, 0.15) is 17.5 Å². The highest BCUT2D eigenvalue weighted by molar-refractivity contribution is 6.33. The average Bonchev–Trinajstić information content (AvgIpc) is 2.96. The molecule has 39 heavy (non-hydrogen) atoms. The Hall–Kier alpha value is -3.97. The van der Waals surface area contributed by atoms with E-state index in [9.17, 15) is 9.59 Å². The number of rotatable bonds is 18. The van der Waals surface area contributed by atoms with Crippen molar-refractivity contribution in [1.82, 2.24) is 9.97 Å². The minimum Gasteiger partial charge on any atom is -0.497 e. The van der Waals surface area contributed by atoms with Crippen molar-refractivity contribution in [1.29, 1.82) is 0 Å². The van der Waals surface area contributed by atoms with Crippen molar-refractivity contribution in [3.8, 4) is 11.5 Å². The Labute approximate surface area is 230 Å². The van der Waals surface area contributed by atoms with E-state index in [0.29, 0.717) is 39.1 Å². The third kappa shape index (κ3) is 9.69. The van der Waals surface area contributed by atoms with Crippen LogP contribution in [0.4, 0.5) is 17.5 Å². The highest BCUT2D eigenvalue weighted by atomic mass is 35.5. The molecule has 0 bridgehead atoms. The van der Waals surface area contributed by atoms with E-state index in [4.69, 9.17) is 35.4 Å². The zero-order chi connectivity index (χ0) is 27.9. The van der Waals surface area contributed by atoms with Crippen LogP contribution in [0.2, 0.25) is 5.15 Å². The van der Waals surface area contributed by atoms with Crippen LogP contribution in [0.25, 0.3) is 0 Å². The van der Waals surface area contributed by atoms with Gasteiger partial charge in [-0.1, -0.05) is 35.9 Å². The van der Waals surface area contributed by atoms with Gasteiger partial charge in [0, 0.05) is 13.0 Å². The number of carbonyl (C=O) groups excluding carboxylic acids is 2. The molecule has 2 aromatic carbocycles. The van der Waals surface area contributed by atoms with Crippen LogP contribution in [0.5, 0.6) is 11.5 Å². The van der Waals surface area contributed by atoms with Gasteiger partial charge < -0.3 is 24.3 Å². The van der Waals surface area contributed by atoms with E-state index in [0.717, 1.165) is 22.6 Å². The summed E-state index contributed by atoms with van der Waals surface area (Å²) in [4.78, 5) is 35.7. The number of nitrogens with zero attached hydrogens (tertiary/aromatic N) is 2. The minimum atomic E-state index is -0.487. The Morgan fingerprint density at radius 1 is 0.846 bits per heavy atom. The van der Waals surface area contributed by atoms with Gasteiger partial charge in [-0.25, -0.2) is 5.48 Å². The van der Waals surface area contributed by atoms with Crippen LogP contribution in [0, 0.1) is 0 Å². The molecule has 3 aromatic rings. The SMILES string of the molecule is COc1ccc(COCCC(COCc2ccc(OC)cc2)ONc2nc(NC=O)nc(Cl)c2NC=O)cc1. The Morgan fingerprint density at radius 3 is 2.00 bits per heavy atom. The maximum absolute atomic E-state index is 11.1. The second-order valence-corrected chi connectivity index (χ2v) is 8.34. The molecule has 1 aromatic heterocycles. The van der Waals surface area contributed by atoms with E-state index in [1.165, 1.54) is 0 Å². The summed E-state index contributed by atoms with van der Waals surface area (Å²) in [5.41, 5.74) is 4.73. The molecule has 0 saturated heterocycles. The summed E-state index contributed by atoms with van der Waals surface area (Å²) in [6.07, 6.45) is 0.796. The van der Waals surface area contributed by atoms with Crippen LogP contribution >= 0.6 is 11.6 Å². The van der Waals surface area contributed by atoms with Crippen LogP contribution in [0.15, 0.2) is 48.5 Å². The molecule has 1 unspecified atom stereocenters. The normalized spacial score (nSPS) is 11.4. The van der Waals surface area contributed by atoms with Gasteiger partial charge in [-0.2, -0.15) is 9.97 Å². The van der Waals surface area contributed by atoms with Gasteiger partial charge in [-0.3, -0.25) is 19.7 Å². The number of methoxy groups -OCH3 is 2. The van der Waals surface area contributed by atoms with Crippen molar-refractivity contribution in [3.05, 3.63) is 64.8 Å². The lowest BCUT2D eigenvalue weighted by atomic mass is 10.2. The fourth-order valence-electron chi connectivity index (χ4n) is 3.28. The molecule has 1 heterocycles. The Morgan fingerprint density at radius 2 is 1.44 bits per heavy atom. The van der Waals surface area contributed by atoms with Gasteiger partial charge in [0.05, 0.1) is 34.0 Å². The third-order valence-electron chi connectivity index (χ3n) is 5.32. The van der Waals surface area contributed by atoms with E-state index in [1.54, 1.807) is 14.2 Å². The van der Waals surface area contributed by atoms with Crippen molar-refractivity contribution in [2.75, 3.05) is 43.5 Å². The molecule has 12 nitrogen and oxygen atoms in total. The summed E-state index contributed by atoms with van der Waals surface area (Å²) in [5, 5.41) is 4.63. The largest absolute Gasteiger partial charge is 0.497 e. The van der Waals surface area contributed by atoms with Gasteiger partial charge in [-0.15, -0.1) is 0 Å². The van der Waals surface area contributed by atoms with Gasteiger partial charge in [-0.05, 0) is 35.4 Å². The molecule has 0 saturated carbocycles. The summed E-state index contributed by atoms with van der Waals surface area (Å²) < 4.78 is 22.1. The number of anilines is 3. The number of halogens is 1. The Balaban J connectivity index is 1.62. The highest BCUT2D eigenvalue weighted by Crippen LogP contribution is 2.28. The molecule has 0 aliphatic carbocycles. The van der Waals surface area contributed by atoms with E-state index in [1.807, 2.05) is 48.5 Å². The monoisotopic (exact) mass is 559 g/mol. The average molecular weight is 560 g/mol. The molecule has 208 valence electrons. The van der Waals surface area contributed by atoms with Gasteiger partial charge in [0.2, 0.25) is 18.8 Å². The van der Waals surface area contributed by atoms with Crippen molar-refractivity contribution >= 4 is 41.9 Å². The van der Waals surface area contributed by atoms with Crippen LogP contribution < -0.4 is 25.6 Å². The topological polar surface area (TPSA) is 142 Å². The van der Waals surface area contributed by atoms with Gasteiger partial charge in [0.25, 0.3) is 0 Å². The molecule has 0 spiro atoms. The maximum atomic E-state index is 11.1. The predicted molar refractivity (Wildman–Crippen MR) is 145 cm³/mol. The standard InChI is InChI=1S/C26H30ClN5O7/c1-35-20-7-3-18(4-8-20)13-37-12-11-22(15-38-14-19-5-9-21(36-2)10-6-19)39-32-25-23(28-16-33)24(27)30-26(31-25)29-17-34/h3-10,16-17,22H,11-15H2,1-2H3,(H,28,33)(H2,29,30,31,32,34). The Kier molecular flexibility index (Phi) is 12.2. The number of benzene rings is 2. The molecular weight excluding hydrogens is 530 g/mol. The number of carbonyl (C=O) groups is 2. The first-order valence-electron chi connectivity index (χ1n) is 11.9. The second kappa shape index (κ2) is 16.1. The first-order valence-corrected chi connectivity index (χ1v) is 12.2. The molecule has 0 fully saturated rings. The molecule has 0 aliphatic heterocycles. The summed E-state index contributed by atoms with van der Waals surface area (Å²) in [7, 11) is 3.22. The fraction of sp³-hybridized carbons (Fsp3) is 0.308. The third-order valence-corrected chi connectivity index (χ3v) is 5.60. The number of nitrogens with one attached hydrogen (secondary N) is 3. The van der Waals surface area contributed by atoms with Gasteiger partial charge in [0.15, 0.2) is 11.0 Å². The van der Waals surface area contributed by atoms with E-state index in [-0.39, 0.29) is 29.2 Å².